The minimum absolute atomic E-state index is 0.189. The summed E-state index contributed by atoms with van der Waals surface area (Å²) in [4.78, 5) is 26.5. The molecule has 0 bridgehead atoms. The van der Waals surface area contributed by atoms with Crippen LogP contribution in [0.2, 0.25) is 0 Å². The van der Waals surface area contributed by atoms with E-state index in [0.717, 1.165) is 5.56 Å². The fraction of sp³-hybridized carbons (Fsp3) is 0.300. The van der Waals surface area contributed by atoms with Crippen LogP contribution in [0.15, 0.2) is 18.3 Å². The number of carbonyl (C=O) groups excluding carboxylic acids is 2. The molecule has 0 saturated carbocycles. The largest absolute Gasteiger partial charge is 0.368 e. The predicted octanol–water partition coefficient (Wildman–Crippen LogP) is -0.680. The number of pyridine rings is 1. The number of nitrogens with one attached hydrogen (secondary N) is 1. The standard InChI is InChI=1S/C10H12N4O2/c11-7(8(12)15)4-6-5-2-1-3-13-9(5)14-10(6)16/h1-3,6-7H,4,11H2,(H2,12,15)(H,13,14,16)/t6?,7-/m0/s1. The summed E-state index contributed by atoms with van der Waals surface area (Å²) in [6.07, 6.45) is 1.80. The van der Waals surface area contributed by atoms with Gasteiger partial charge in [0.2, 0.25) is 11.8 Å². The van der Waals surface area contributed by atoms with Gasteiger partial charge in [-0.15, -0.1) is 0 Å². The zero-order chi connectivity index (χ0) is 11.7. The Kier molecular flexibility index (Phi) is 2.57. The van der Waals surface area contributed by atoms with Gasteiger partial charge in [0.05, 0.1) is 12.0 Å². The summed E-state index contributed by atoms with van der Waals surface area (Å²) < 4.78 is 0. The Hall–Kier alpha value is -1.95. The van der Waals surface area contributed by atoms with Crippen LogP contribution in [0.25, 0.3) is 0 Å². The van der Waals surface area contributed by atoms with Gasteiger partial charge < -0.3 is 16.8 Å². The van der Waals surface area contributed by atoms with Crippen molar-refractivity contribution in [3.05, 3.63) is 23.9 Å². The zero-order valence-electron chi connectivity index (χ0n) is 8.51. The Morgan fingerprint density at radius 2 is 2.38 bits per heavy atom. The number of carbonyl (C=O) groups is 2. The van der Waals surface area contributed by atoms with E-state index in [0.29, 0.717) is 5.82 Å². The van der Waals surface area contributed by atoms with E-state index in [1.165, 1.54) is 0 Å². The molecule has 0 aliphatic carbocycles. The lowest BCUT2D eigenvalue weighted by molar-refractivity contribution is -0.120. The van der Waals surface area contributed by atoms with Gasteiger partial charge in [0.25, 0.3) is 0 Å². The van der Waals surface area contributed by atoms with E-state index in [9.17, 15) is 9.59 Å². The molecule has 2 amide bonds. The van der Waals surface area contributed by atoms with Crippen molar-refractivity contribution in [3.63, 3.8) is 0 Å². The number of hydrogen-bond acceptors (Lipinski definition) is 4. The highest BCUT2D eigenvalue weighted by Gasteiger charge is 2.33. The quantitative estimate of drug-likeness (QED) is 0.626. The van der Waals surface area contributed by atoms with Crippen molar-refractivity contribution in [2.45, 2.75) is 18.4 Å². The van der Waals surface area contributed by atoms with E-state index in [4.69, 9.17) is 11.5 Å². The Bertz CT molecular complexity index is 446. The molecule has 1 aromatic rings. The van der Waals surface area contributed by atoms with E-state index in [2.05, 4.69) is 10.3 Å². The summed E-state index contributed by atoms with van der Waals surface area (Å²) >= 11 is 0. The van der Waals surface area contributed by atoms with Crippen molar-refractivity contribution in [2.75, 3.05) is 5.32 Å². The van der Waals surface area contributed by atoms with Gasteiger partial charge in [-0.25, -0.2) is 4.98 Å². The highest BCUT2D eigenvalue weighted by molar-refractivity contribution is 6.02. The monoisotopic (exact) mass is 220 g/mol. The van der Waals surface area contributed by atoms with Crippen LogP contribution in [-0.2, 0) is 9.59 Å². The lowest BCUT2D eigenvalue weighted by Crippen LogP contribution is -2.38. The summed E-state index contributed by atoms with van der Waals surface area (Å²) in [5.74, 6) is -0.698. The van der Waals surface area contributed by atoms with Gasteiger partial charge in [-0.05, 0) is 12.5 Å². The zero-order valence-corrected chi connectivity index (χ0v) is 8.51. The number of fused-ring (bicyclic) bond motifs is 1. The Balaban J connectivity index is 2.22. The molecule has 2 rings (SSSR count). The molecule has 6 nitrogen and oxygen atoms in total. The van der Waals surface area contributed by atoms with Crippen LogP contribution in [0.5, 0.6) is 0 Å². The number of anilines is 1. The molecule has 0 aromatic carbocycles. The number of nitrogens with two attached hydrogens (primary N) is 2. The van der Waals surface area contributed by atoms with Crippen LogP contribution >= 0.6 is 0 Å². The second kappa shape index (κ2) is 3.90. The summed E-state index contributed by atoms with van der Waals surface area (Å²) in [6, 6.07) is 2.71. The van der Waals surface area contributed by atoms with E-state index in [1.807, 2.05) is 0 Å². The van der Waals surface area contributed by atoms with Crippen molar-refractivity contribution in [2.24, 2.45) is 11.5 Å². The Morgan fingerprint density at radius 1 is 1.62 bits per heavy atom. The van der Waals surface area contributed by atoms with Gasteiger partial charge in [0.15, 0.2) is 0 Å². The molecule has 84 valence electrons. The van der Waals surface area contributed by atoms with Crippen LogP contribution < -0.4 is 16.8 Å². The topological polar surface area (TPSA) is 111 Å². The molecule has 1 aliphatic rings. The minimum atomic E-state index is -0.818. The van der Waals surface area contributed by atoms with Gasteiger partial charge in [-0.2, -0.15) is 0 Å². The molecule has 16 heavy (non-hydrogen) atoms. The third kappa shape index (κ3) is 1.74. The highest BCUT2D eigenvalue weighted by Crippen LogP contribution is 2.33. The third-order valence-electron chi connectivity index (χ3n) is 2.63. The molecule has 1 unspecified atom stereocenters. The van der Waals surface area contributed by atoms with Crippen LogP contribution in [0, 0.1) is 0 Å². The average Bonchev–Trinajstić information content (AvgIpc) is 2.55. The summed E-state index contributed by atoms with van der Waals surface area (Å²) in [7, 11) is 0. The van der Waals surface area contributed by atoms with Crippen LogP contribution in [0.3, 0.4) is 0 Å². The minimum Gasteiger partial charge on any atom is -0.368 e. The van der Waals surface area contributed by atoms with Gasteiger partial charge in [0, 0.05) is 11.8 Å². The van der Waals surface area contributed by atoms with Gasteiger partial charge in [-0.3, -0.25) is 9.59 Å². The van der Waals surface area contributed by atoms with Crippen molar-refractivity contribution in [1.82, 2.24) is 4.98 Å². The maximum atomic E-state index is 11.6. The molecule has 6 heteroatoms. The maximum absolute atomic E-state index is 11.6. The number of amides is 2. The molecule has 2 atom stereocenters. The average molecular weight is 220 g/mol. The number of nitrogens with zero attached hydrogens (tertiary/aromatic N) is 1. The molecule has 2 heterocycles. The Labute approximate surface area is 92.0 Å². The van der Waals surface area contributed by atoms with E-state index >= 15 is 0 Å². The SMILES string of the molecule is NC(=O)[C@@H](N)CC1C(=O)Nc2ncccc21. The Morgan fingerprint density at radius 3 is 3.06 bits per heavy atom. The van der Waals surface area contributed by atoms with Crippen molar-refractivity contribution in [1.29, 1.82) is 0 Å². The lowest BCUT2D eigenvalue weighted by atomic mass is 9.94. The van der Waals surface area contributed by atoms with Crippen LogP contribution in [0.4, 0.5) is 5.82 Å². The molecule has 0 saturated heterocycles. The van der Waals surface area contributed by atoms with Gasteiger partial charge in [-0.1, -0.05) is 6.07 Å². The summed E-state index contributed by atoms with van der Waals surface area (Å²) in [6.45, 7) is 0. The second-order valence-corrected chi connectivity index (χ2v) is 3.73. The molecule has 0 spiro atoms. The first-order valence-corrected chi connectivity index (χ1v) is 4.90. The fourth-order valence-corrected chi connectivity index (χ4v) is 1.75. The molecule has 1 aromatic heterocycles. The first kappa shape index (κ1) is 10.6. The fourth-order valence-electron chi connectivity index (χ4n) is 1.75. The normalized spacial score (nSPS) is 20.1. The van der Waals surface area contributed by atoms with Gasteiger partial charge in [0.1, 0.15) is 5.82 Å². The van der Waals surface area contributed by atoms with Crippen molar-refractivity contribution >= 4 is 17.6 Å². The summed E-state index contributed by atoms with van der Waals surface area (Å²) in [5.41, 5.74) is 11.4. The van der Waals surface area contributed by atoms with Crippen LogP contribution in [0.1, 0.15) is 17.9 Å². The maximum Gasteiger partial charge on any atom is 0.234 e. The molecular formula is C10H12N4O2. The smallest absolute Gasteiger partial charge is 0.234 e. The van der Waals surface area contributed by atoms with E-state index in [-0.39, 0.29) is 12.3 Å². The number of primary amides is 1. The highest BCUT2D eigenvalue weighted by atomic mass is 16.2. The summed E-state index contributed by atoms with van der Waals surface area (Å²) in [5, 5.41) is 2.63. The molecule has 1 aliphatic heterocycles. The molecule has 0 radical (unpaired) electrons. The number of rotatable bonds is 3. The predicted molar refractivity (Wildman–Crippen MR) is 57.4 cm³/mol. The van der Waals surface area contributed by atoms with Crippen molar-refractivity contribution < 1.29 is 9.59 Å². The first-order chi connectivity index (χ1) is 7.59. The van der Waals surface area contributed by atoms with Crippen molar-refractivity contribution in [3.8, 4) is 0 Å². The number of aromatic nitrogens is 1. The van der Waals surface area contributed by atoms with E-state index in [1.54, 1.807) is 18.3 Å². The number of hydrogen-bond donors (Lipinski definition) is 3. The van der Waals surface area contributed by atoms with Gasteiger partial charge >= 0.3 is 0 Å². The molecule has 0 fully saturated rings. The molecule has 5 N–H and O–H groups in total. The second-order valence-electron chi connectivity index (χ2n) is 3.73. The third-order valence-corrected chi connectivity index (χ3v) is 2.63. The molecular weight excluding hydrogens is 208 g/mol. The van der Waals surface area contributed by atoms with E-state index < -0.39 is 17.9 Å². The first-order valence-electron chi connectivity index (χ1n) is 4.90. The lowest BCUT2D eigenvalue weighted by Gasteiger charge is -2.12. The van der Waals surface area contributed by atoms with Crippen LogP contribution in [-0.4, -0.2) is 22.8 Å².